The van der Waals surface area contributed by atoms with E-state index in [0.29, 0.717) is 41.4 Å². The van der Waals surface area contributed by atoms with Crippen LogP contribution in [-0.2, 0) is 6.54 Å². The van der Waals surface area contributed by atoms with Gasteiger partial charge >= 0.3 is 6.03 Å². The second-order valence-electron chi connectivity index (χ2n) is 10.3. The Labute approximate surface area is 238 Å². The van der Waals surface area contributed by atoms with Crippen molar-refractivity contribution in [2.45, 2.75) is 72.5 Å². The van der Waals surface area contributed by atoms with Gasteiger partial charge in [-0.25, -0.2) is 9.78 Å². The molecular weight excluding hydrogens is 536 g/mol. The lowest BCUT2D eigenvalue weighted by Crippen LogP contribution is -2.50. The predicted molar refractivity (Wildman–Crippen MR) is 155 cm³/mol. The van der Waals surface area contributed by atoms with Gasteiger partial charge in [0, 0.05) is 43.8 Å². The number of carbonyl (C=O) groups excluding carboxylic acids is 2. The number of carbonyl (C=O) groups is 2. The highest BCUT2D eigenvalue weighted by Gasteiger charge is 2.30. The van der Waals surface area contributed by atoms with Crippen LogP contribution >= 0.6 is 22.9 Å². The Hall–Kier alpha value is -2.95. The molecule has 3 amide bonds. The summed E-state index contributed by atoms with van der Waals surface area (Å²) in [4.78, 5) is 34.7. The van der Waals surface area contributed by atoms with Crippen LogP contribution in [0.3, 0.4) is 0 Å². The summed E-state index contributed by atoms with van der Waals surface area (Å²) in [7, 11) is 0. The number of halogens is 1. The van der Waals surface area contributed by atoms with Crippen LogP contribution in [0.5, 0.6) is 0 Å². The van der Waals surface area contributed by atoms with Crippen molar-refractivity contribution in [1.29, 1.82) is 0 Å². The molecule has 9 nitrogen and oxygen atoms in total. The number of nitrogens with one attached hydrogen (secondary N) is 2. The van der Waals surface area contributed by atoms with Crippen LogP contribution in [0, 0.1) is 27.7 Å². The first-order valence-corrected chi connectivity index (χ1v) is 14.6. The maximum Gasteiger partial charge on any atom is 0.324 e. The van der Waals surface area contributed by atoms with E-state index in [0.717, 1.165) is 54.7 Å². The molecule has 1 saturated heterocycles. The Bertz CT molecular complexity index is 1260. The number of urea groups is 1. The fraction of sp³-hybridized carbons (Fsp3) is 0.500. The molecule has 0 bridgehead atoms. The number of rotatable bonds is 9. The van der Waals surface area contributed by atoms with E-state index in [-0.39, 0.29) is 18.0 Å². The van der Waals surface area contributed by atoms with Crippen molar-refractivity contribution >= 4 is 40.8 Å². The van der Waals surface area contributed by atoms with Crippen LogP contribution in [0.4, 0.5) is 10.7 Å². The SMILES string of the molecule is Cc1cc(Cl)nc(C)c1C(=O)NCCC(C)N1CCC(N(Cc2ccsc2)C(=O)Nc2onc(C)c2C)CC1. The molecule has 1 fully saturated rings. The summed E-state index contributed by atoms with van der Waals surface area (Å²) < 4.78 is 5.33. The van der Waals surface area contributed by atoms with Crippen molar-refractivity contribution in [1.82, 2.24) is 25.3 Å². The molecule has 11 heteroatoms. The first-order valence-electron chi connectivity index (χ1n) is 13.3. The quantitative estimate of drug-likeness (QED) is 0.318. The third-order valence-corrected chi connectivity index (χ3v) is 8.50. The molecule has 39 heavy (non-hydrogen) atoms. The Balaban J connectivity index is 1.31. The third kappa shape index (κ3) is 7.17. The van der Waals surface area contributed by atoms with Gasteiger partial charge in [0.2, 0.25) is 5.88 Å². The van der Waals surface area contributed by atoms with E-state index in [9.17, 15) is 9.59 Å². The van der Waals surface area contributed by atoms with Crippen molar-refractivity contribution in [2.24, 2.45) is 0 Å². The van der Waals surface area contributed by atoms with Crippen LogP contribution < -0.4 is 10.6 Å². The lowest BCUT2D eigenvalue weighted by Gasteiger charge is -2.40. The molecule has 4 rings (SSSR count). The number of aryl methyl sites for hydroxylation is 3. The molecule has 1 unspecified atom stereocenters. The minimum absolute atomic E-state index is 0.112. The topological polar surface area (TPSA) is 104 Å². The highest BCUT2D eigenvalue weighted by Crippen LogP contribution is 2.25. The molecule has 210 valence electrons. The van der Waals surface area contributed by atoms with Crippen molar-refractivity contribution in [3.8, 4) is 0 Å². The number of aromatic nitrogens is 2. The maximum atomic E-state index is 13.4. The molecule has 1 aliphatic heterocycles. The molecule has 1 aliphatic rings. The van der Waals surface area contributed by atoms with Crippen molar-refractivity contribution in [3.05, 3.63) is 61.7 Å². The number of nitrogens with zero attached hydrogens (tertiary/aromatic N) is 4. The average Bonchev–Trinajstić information content (AvgIpc) is 3.52. The van der Waals surface area contributed by atoms with Gasteiger partial charge < -0.3 is 19.6 Å². The van der Waals surface area contributed by atoms with Gasteiger partial charge in [-0.1, -0.05) is 16.8 Å². The second kappa shape index (κ2) is 12.9. The van der Waals surface area contributed by atoms with Crippen molar-refractivity contribution in [3.63, 3.8) is 0 Å². The van der Waals surface area contributed by atoms with Gasteiger partial charge in [0.1, 0.15) is 5.15 Å². The lowest BCUT2D eigenvalue weighted by molar-refractivity contribution is 0.0918. The van der Waals surface area contributed by atoms with Crippen molar-refractivity contribution < 1.29 is 14.1 Å². The minimum Gasteiger partial charge on any atom is -0.352 e. The van der Waals surface area contributed by atoms with Crippen LogP contribution in [0.2, 0.25) is 5.15 Å². The summed E-state index contributed by atoms with van der Waals surface area (Å²) in [6, 6.07) is 4.02. The van der Waals surface area contributed by atoms with E-state index < -0.39 is 0 Å². The standard InChI is InChI=1S/C28H37ClN6O3S/c1-17-14-24(29)31-21(5)25(17)26(36)30-10-6-18(2)34-11-7-23(8-12-34)35(15-22-9-13-39-16-22)28(37)32-27-19(3)20(4)33-38-27/h9,13-14,16,18,23H,6-8,10-12,15H2,1-5H3,(H,30,36)(H,32,37). The zero-order valence-electron chi connectivity index (χ0n) is 23.2. The molecule has 0 aliphatic carbocycles. The van der Waals surface area contributed by atoms with E-state index in [1.54, 1.807) is 24.3 Å². The largest absolute Gasteiger partial charge is 0.352 e. The molecule has 4 heterocycles. The van der Waals surface area contributed by atoms with E-state index in [1.165, 1.54) is 0 Å². The zero-order valence-corrected chi connectivity index (χ0v) is 24.8. The molecule has 0 spiro atoms. The predicted octanol–water partition coefficient (Wildman–Crippen LogP) is 5.73. The molecule has 3 aromatic rings. The Morgan fingerprint density at radius 2 is 1.97 bits per heavy atom. The van der Waals surface area contributed by atoms with E-state index in [1.807, 2.05) is 31.1 Å². The maximum absolute atomic E-state index is 13.4. The molecule has 3 aromatic heterocycles. The molecule has 0 saturated carbocycles. The van der Waals surface area contributed by atoms with Crippen LogP contribution in [0.1, 0.15) is 64.6 Å². The fourth-order valence-electron chi connectivity index (χ4n) is 5.08. The lowest BCUT2D eigenvalue weighted by atomic mass is 10.0. The Kier molecular flexibility index (Phi) is 9.63. The summed E-state index contributed by atoms with van der Waals surface area (Å²) in [5.41, 5.74) is 4.78. The number of thiophene rings is 1. The van der Waals surface area contributed by atoms with E-state index in [2.05, 4.69) is 44.0 Å². The summed E-state index contributed by atoms with van der Waals surface area (Å²) >= 11 is 7.63. The van der Waals surface area contributed by atoms with Crippen LogP contribution in [0.25, 0.3) is 0 Å². The molecular formula is C28H37ClN6O3S. The summed E-state index contributed by atoms with van der Waals surface area (Å²) in [6.45, 7) is 12.5. The number of hydrogen-bond donors (Lipinski definition) is 2. The van der Waals surface area contributed by atoms with Gasteiger partial charge in [-0.3, -0.25) is 10.1 Å². The van der Waals surface area contributed by atoms with Gasteiger partial charge in [-0.05, 0) is 87.9 Å². The van der Waals surface area contributed by atoms with E-state index in [4.69, 9.17) is 16.1 Å². The summed E-state index contributed by atoms with van der Waals surface area (Å²) in [6.07, 6.45) is 2.58. The number of amides is 3. The molecule has 1 atom stereocenters. The summed E-state index contributed by atoms with van der Waals surface area (Å²) in [5.74, 6) is 0.285. The Morgan fingerprint density at radius 3 is 2.59 bits per heavy atom. The number of anilines is 1. The fourth-order valence-corrected chi connectivity index (χ4v) is 6.03. The van der Waals surface area contributed by atoms with Crippen molar-refractivity contribution in [2.75, 3.05) is 25.0 Å². The number of pyridine rings is 1. The zero-order chi connectivity index (χ0) is 28.1. The first-order chi connectivity index (χ1) is 18.6. The smallest absolute Gasteiger partial charge is 0.324 e. The normalized spacial score (nSPS) is 15.2. The van der Waals surface area contributed by atoms with Crippen LogP contribution in [-0.4, -0.2) is 63.6 Å². The van der Waals surface area contributed by atoms with Gasteiger partial charge in [0.05, 0.1) is 17.0 Å². The first kappa shape index (κ1) is 29.0. The number of hydrogen-bond acceptors (Lipinski definition) is 7. The number of likely N-dealkylation sites (tertiary alicyclic amines) is 1. The molecule has 2 N–H and O–H groups in total. The van der Waals surface area contributed by atoms with E-state index >= 15 is 0 Å². The van der Waals surface area contributed by atoms with Gasteiger partial charge in [-0.2, -0.15) is 11.3 Å². The minimum atomic E-state index is -0.170. The summed E-state index contributed by atoms with van der Waals surface area (Å²) in [5, 5.41) is 14.5. The highest BCUT2D eigenvalue weighted by molar-refractivity contribution is 7.07. The highest BCUT2D eigenvalue weighted by atomic mass is 35.5. The Morgan fingerprint density at radius 1 is 1.23 bits per heavy atom. The van der Waals surface area contributed by atoms with Gasteiger partial charge in [-0.15, -0.1) is 0 Å². The molecule has 0 aromatic carbocycles. The second-order valence-corrected chi connectivity index (χ2v) is 11.5. The molecule has 0 radical (unpaired) electrons. The van der Waals surface area contributed by atoms with Gasteiger partial charge in [0.25, 0.3) is 5.91 Å². The number of piperidine rings is 1. The van der Waals surface area contributed by atoms with Crippen LogP contribution in [0.15, 0.2) is 27.4 Å². The monoisotopic (exact) mass is 572 g/mol. The third-order valence-electron chi connectivity index (χ3n) is 7.58. The average molecular weight is 573 g/mol. The van der Waals surface area contributed by atoms with Gasteiger partial charge in [0.15, 0.2) is 0 Å².